The van der Waals surface area contributed by atoms with Gasteiger partial charge in [0.15, 0.2) is 0 Å². The zero-order chi connectivity index (χ0) is 17.8. The van der Waals surface area contributed by atoms with Crippen LogP contribution in [-0.2, 0) is 11.2 Å². The molecule has 25 heavy (non-hydrogen) atoms. The maximum atomic E-state index is 12.1. The van der Waals surface area contributed by atoms with Crippen LogP contribution in [0.15, 0.2) is 46.9 Å². The summed E-state index contributed by atoms with van der Waals surface area (Å²) < 4.78 is 10.5. The van der Waals surface area contributed by atoms with E-state index in [-0.39, 0.29) is 24.2 Å². The molecule has 0 atom stereocenters. The van der Waals surface area contributed by atoms with E-state index in [0.717, 1.165) is 11.3 Å². The van der Waals surface area contributed by atoms with Crippen molar-refractivity contribution in [3.63, 3.8) is 0 Å². The molecular formula is C17H13Cl2N3O3. The predicted molar refractivity (Wildman–Crippen MR) is 95.1 cm³/mol. The van der Waals surface area contributed by atoms with E-state index < -0.39 is 0 Å². The van der Waals surface area contributed by atoms with Gasteiger partial charge in [0.25, 0.3) is 5.89 Å². The van der Waals surface area contributed by atoms with E-state index >= 15 is 0 Å². The van der Waals surface area contributed by atoms with Crippen molar-refractivity contribution in [3.05, 3.63) is 58.1 Å². The average molecular weight is 378 g/mol. The number of anilines is 1. The first-order chi connectivity index (χ1) is 12.0. The van der Waals surface area contributed by atoms with Crippen LogP contribution in [0, 0.1) is 0 Å². The molecule has 0 aliphatic heterocycles. The normalized spacial score (nSPS) is 10.5. The summed E-state index contributed by atoms with van der Waals surface area (Å²) in [6.07, 6.45) is 0.170. The number of amides is 1. The molecule has 1 aromatic heterocycles. The lowest BCUT2D eigenvalue weighted by molar-refractivity contribution is -0.115. The van der Waals surface area contributed by atoms with Gasteiger partial charge in [-0.25, -0.2) is 0 Å². The van der Waals surface area contributed by atoms with E-state index in [2.05, 4.69) is 15.5 Å². The van der Waals surface area contributed by atoms with E-state index in [1.165, 1.54) is 0 Å². The number of ether oxygens (including phenoxy) is 1. The van der Waals surface area contributed by atoms with Crippen molar-refractivity contribution in [2.45, 2.75) is 6.42 Å². The first-order valence-electron chi connectivity index (χ1n) is 7.27. The summed E-state index contributed by atoms with van der Waals surface area (Å²) in [7, 11) is 1.59. The molecule has 0 bridgehead atoms. The smallest absolute Gasteiger partial charge is 0.322 e. The summed E-state index contributed by atoms with van der Waals surface area (Å²) in [5.41, 5.74) is 1.37. The molecule has 6 nitrogen and oxygen atoms in total. The highest BCUT2D eigenvalue weighted by molar-refractivity contribution is 6.36. The Morgan fingerprint density at radius 3 is 2.60 bits per heavy atom. The maximum absolute atomic E-state index is 12.1. The number of rotatable bonds is 5. The van der Waals surface area contributed by atoms with Gasteiger partial charge in [0, 0.05) is 5.02 Å². The van der Waals surface area contributed by atoms with Crippen LogP contribution in [0.1, 0.15) is 5.56 Å². The zero-order valence-electron chi connectivity index (χ0n) is 13.1. The Labute approximate surface area is 153 Å². The quantitative estimate of drug-likeness (QED) is 0.719. The van der Waals surface area contributed by atoms with Crippen molar-refractivity contribution in [1.29, 1.82) is 0 Å². The number of hydrogen-bond acceptors (Lipinski definition) is 5. The van der Waals surface area contributed by atoms with Gasteiger partial charge in [-0.2, -0.15) is 0 Å². The molecule has 3 rings (SSSR count). The minimum absolute atomic E-state index is 0.000437. The van der Waals surface area contributed by atoms with Crippen molar-refractivity contribution >= 4 is 35.1 Å². The van der Waals surface area contributed by atoms with E-state index in [9.17, 15) is 4.79 Å². The number of nitrogens with zero attached hydrogens (tertiary/aromatic N) is 2. The van der Waals surface area contributed by atoms with Crippen LogP contribution < -0.4 is 10.1 Å². The van der Waals surface area contributed by atoms with Crippen LogP contribution in [-0.4, -0.2) is 23.2 Å². The van der Waals surface area contributed by atoms with Crippen LogP contribution in [0.25, 0.3) is 11.5 Å². The fourth-order valence-corrected chi connectivity index (χ4v) is 2.63. The fraction of sp³-hybridized carbons (Fsp3) is 0.118. The third-order valence-corrected chi connectivity index (χ3v) is 3.90. The van der Waals surface area contributed by atoms with E-state index in [1.54, 1.807) is 37.4 Å². The van der Waals surface area contributed by atoms with Gasteiger partial charge in [-0.3, -0.25) is 10.1 Å². The van der Waals surface area contributed by atoms with Gasteiger partial charge in [0.1, 0.15) is 5.75 Å². The lowest BCUT2D eigenvalue weighted by Crippen LogP contribution is -2.14. The molecule has 1 amide bonds. The Balaban J connectivity index is 1.67. The molecule has 3 aromatic rings. The molecule has 2 aromatic carbocycles. The van der Waals surface area contributed by atoms with Crippen molar-refractivity contribution in [2.75, 3.05) is 12.4 Å². The number of aromatic nitrogens is 2. The van der Waals surface area contributed by atoms with Gasteiger partial charge in [-0.1, -0.05) is 40.4 Å². The van der Waals surface area contributed by atoms with E-state index in [1.807, 2.05) is 12.1 Å². The summed E-state index contributed by atoms with van der Waals surface area (Å²) in [6, 6.07) is 12.1. The van der Waals surface area contributed by atoms with Gasteiger partial charge in [0.05, 0.1) is 24.1 Å². The van der Waals surface area contributed by atoms with Crippen molar-refractivity contribution in [3.8, 4) is 17.2 Å². The summed E-state index contributed by atoms with van der Waals surface area (Å²) in [6.45, 7) is 0. The van der Waals surface area contributed by atoms with Crippen LogP contribution in [0.2, 0.25) is 10.0 Å². The van der Waals surface area contributed by atoms with Gasteiger partial charge >= 0.3 is 6.01 Å². The highest BCUT2D eigenvalue weighted by Gasteiger charge is 2.14. The summed E-state index contributed by atoms with van der Waals surface area (Å²) in [4.78, 5) is 12.1. The summed E-state index contributed by atoms with van der Waals surface area (Å²) >= 11 is 12.0. The molecule has 128 valence electrons. The number of hydrogen-bond donors (Lipinski definition) is 1. The first-order valence-corrected chi connectivity index (χ1v) is 8.02. The van der Waals surface area contributed by atoms with Crippen LogP contribution in [0.5, 0.6) is 5.75 Å². The van der Waals surface area contributed by atoms with Gasteiger partial charge < -0.3 is 9.15 Å². The molecule has 0 saturated carbocycles. The molecule has 0 aliphatic carbocycles. The number of nitrogens with one attached hydrogen (secondary N) is 1. The molecule has 1 N–H and O–H groups in total. The maximum Gasteiger partial charge on any atom is 0.322 e. The third kappa shape index (κ3) is 4.29. The number of halogens is 2. The van der Waals surface area contributed by atoms with Gasteiger partial charge in [-0.15, -0.1) is 5.10 Å². The summed E-state index contributed by atoms with van der Waals surface area (Å²) in [5, 5.41) is 11.1. The first kappa shape index (κ1) is 17.3. The van der Waals surface area contributed by atoms with Crippen molar-refractivity contribution in [2.24, 2.45) is 0 Å². The molecule has 0 radical (unpaired) electrons. The van der Waals surface area contributed by atoms with Crippen molar-refractivity contribution < 1.29 is 13.9 Å². The Hall–Kier alpha value is -2.57. The Kier molecular flexibility index (Phi) is 5.21. The average Bonchev–Trinajstić information content (AvgIpc) is 3.03. The van der Waals surface area contributed by atoms with Crippen LogP contribution in [0.3, 0.4) is 0 Å². The largest absolute Gasteiger partial charge is 0.497 e. The second kappa shape index (κ2) is 7.55. The molecule has 0 spiro atoms. The molecule has 8 heteroatoms. The Bertz CT molecular complexity index is 894. The molecule has 0 unspecified atom stereocenters. The number of benzene rings is 2. The molecule has 0 aliphatic rings. The number of carbonyl (C=O) groups excluding carboxylic acids is 1. The predicted octanol–water partition coefficient (Wildman–Crippen LogP) is 4.23. The van der Waals surface area contributed by atoms with Gasteiger partial charge in [-0.05, 0) is 35.9 Å². The second-order valence-corrected chi connectivity index (χ2v) is 5.95. The number of carbonyl (C=O) groups is 1. The highest BCUT2D eigenvalue weighted by atomic mass is 35.5. The van der Waals surface area contributed by atoms with E-state index in [0.29, 0.717) is 15.6 Å². The SMILES string of the molecule is COc1ccc(CC(=O)Nc2nnc(-c3ccc(Cl)cc3Cl)o2)cc1. The lowest BCUT2D eigenvalue weighted by Gasteiger charge is -2.03. The van der Waals surface area contributed by atoms with Crippen molar-refractivity contribution in [1.82, 2.24) is 10.2 Å². The Morgan fingerprint density at radius 2 is 1.92 bits per heavy atom. The standard InChI is InChI=1S/C17H13Cl2N3O3/c1-24-12-5-2-10(3-6-12)8-15(23)20-17-22-21-16(25-17)13-7-4-11(18)9-14(13)19/h2-7,9H,8H2,1H3,(H,20,22,23). The van der Waals surface area contributed by atoms with E-state index in [4.69, 9.17) is 32.4 Å². The highest BCUT2D eigenvalue weighted by Crippen LogP contribution is 2.30. The molecular weight excluding hydrogens is 365 g/mol. The van der Waals surface area contributed by atoms with Crippen LogP contribution in [0.4, 0.5) is 6.01 Å². The van der Waals surface area contributed by atoms with Gasteiger partial charge in [0.2, 0.25) is 5.91 Å². The topological polar surface area (TPSA) is 77.2 Å². The number of methoxy groups -OCH3 is 1. The lowest BCUT2D eigenvalue weighted by atomic mass is 10.1. The zero-order valence-corrected chi connectivity index (χ0v) is 14.6. The minimum atomic E-state index is -0.275. The monoisotopic (exact) mass is 377 g/mol. The molecule has 0 saturated heterocycles. The Morgan fingerprint density at radius 1 is 1.16 bits per heavy atom. The molecule has 1 heterocycles. The second-order valence-electron chi connectivity index (χ2n) is 5.11. The minimum Gasteiger partial charge on any atom is -0.497 e. The molecule has 0 fully saturated rings. The fourth-order valence-electron chi connectivity index (χ4n) is 2.14. The summed E-state index contributed by atoms with van der Waals surface area (Å²) in [5.74, 6) is 0.648. The van der Waals surface area contributed by atoms with Crippen LogP contribution >= 0.6 is 23.2 Å². The third-order valence-electron chi connectivity index (χ3n) is 3.36.